The number of aromatic nitrogens is 1. The number of aryl methyl sites for hydroxylation is 1. The van der Waals surface area contributed by atoms with Crippen LogP contribution in [-0.4, -0.2) is 82.1 Å². The number of amides is 2. The smallest absolute Gasteiger partial charge is 0.320 e. The van der Waals surface area contributed by atoms with E-state index in [0.717, 1.165) is 61.1 Å². The van der Waals surface area contributed by atoms with Crippen LogP contribution in [0.4, 0.5) is 13.6 Å². The van der Waals surface area contributed by atoms with Crippen molar-refractivity contribution in [2.75, 3.05) is 40.3 Å². The summed E-state index contributed by atoms with van der Waals surface area (Å²) in [6.45, 7) is 2.80. The summed E-state index contributed by atoms with van der Waals surface area (Å²) in [5, 5.41) is 4.06. The van der Waals surface area contributed by atoms with Crippen molar-refractivity contribution in [3.8, 4) is 11.3 Å². The first kappa shape index (κ1) is 30.0. The van der Waals surface area contributed by atoms with E-state index in [1.165, 1.54) is 6.07 Å². The van der Waals surface area contributed by atoms with E-state index < -0.39 is 17.7 Å². The molecule has 1 spiro atoms. The van der Waals surface area contributed by atoms with E-state index >= 15 is 4.39 Å². The Balaban J connectivity index is 1.23. The molecule has 0 N–H and O–H groups in total. The molecule has 3 aliphatic rings. The zero-order chi connectivity index (χ0) is 30.3. The molecule has 2 atom stereocenters. The molecule has 3 fully saturated rings. The van der Waals surface area contributed by atoms with E-state index in [9.17, 15) is 14.0 Å². The predicted octanol–water partition coefficient (Wildman–Crippen LogP) is 5.71. The van der Waals surface area contributed by atoms with Crippen LogP contribution in [0.3, 0.4) is 0 Å². The second kappa shape index (κ2) is 12.1. The second-order valence-electron chi connectivity index (χ2n) is 12.7. The van der Waals surface area contributed by atoms with Crippen molar-refractivity contribution in [1.82, 2.24) is 24.2 Å². The average Bonchev–Trinajstić information content (AvgIpc) is 3.70. The summed E-state index contributed by atoms with van der Waals surface area (Å²) in [5.41, 5.74) is 2.79. The normalized spacial score (nSPS) is 22.6. The summed E-state index contributed by atoms with van der Waals surface area (Å²) in [4.78, 5) is 35.7. The van der Waals surface area contributed by atoms with Gasteiger partial charge in [0.15, 0.2) is 5.43 Å². The maximum atomic E-state index is 15.1. The first-order chi connectivity index (χ1) is 20.6. The van der Waals surface area contributed by atoms with Crippen LogP contribution in [0, 0.1) is 11.6 Å². The number of likely N-dealkylation sites (tertiary alicyclic amines) is 1. The van der Waals surface area contributed by atoms with Crippen LogP contribution < -0.4 is 5.43 Å². The minimum Gasteiger partial charge on any atom is -0.350 e. The average molecular weight is 610 g/mol. The molecule has 1 aromatic carbocycles. The topological polar surface area (TPSA) is 52.0 Å². The first-order valence-corrected chi connectivity index (χ1v) is 16.2. The summed E-state index contributed by atoms with van der Waals surface area (Å²) >= 11 is 1.61. The van der Waals surface area contributed by atoms with E-state index in [1.54, 1.807) is 22.3 Å². The standard InChI is InChI=1S/C33H41F2N5O2S/c1-36(2)26-8-12-40(30(17-26)27-16-25(34)6-7-28(27)35)32(42)38-13-14-39(33(22-38)10-4-5-11-33)20-24-19-37(3)29(18-31(24)41)23-9-15-43-21-23/h6-7,9,15-16,18-19,21,26,30H,4-5,8,10-14,17,20,22H2,1-3H3/t26?,30-/m0/s1. The van der Waals surface area contributed by atoms with Gasteiger partial charge in [-0.3, -0.25) is 9.69 Å². The Bertz CT molecular complexity index is 1520. The zero-order valence-corrected chi connectivity index (χ0v) is 26.1. The molecule has 0 bridgehead atoms. The second-order valence-corrected chi connectivity index (χ2v) is 13.5. The van der Waals surface area contributed by atoms with Gasteiger partial charge in [0.1, 0.15) is 11.6 Å². The molecule has 2 amide bonds. The molecule has 43 heavy (non-hydrogen) atoms. The molecule has 3 aromatic rings. The van der Waals surface area contributed by atoms with Gasteiger partial charge in [-0.2, -0.15) is 11.3 Å². The fourth-order valence-corrected chi connectivity index (χ4v) is 8.18. The van der Waals surface area contributed by atoms with Crippen molar-refractivity contribution in [2.45, 2.75) is 62.7 Å². The third-order valence-corrected chi connectivity index (χ3v) is 10.6. The Morgan fingerprint density at radius 1 is 1.09 bits per heavy atom. The van der Waals surface area contributed by atoms with Crippen molar-refractivity contribution in [3.05, 3.63) is 80.3 Å². The number of urea groups is 1. The highest BCUT2D eigenvalue weighted by Gasteiger charge is 2.47. The van der Waals surface area contributed by atoms with E-state index in [1.807, 2.05) is 48.3 Å². The number of carbonyl (C=O) groups is 1. The van der Waals surface area contributed by atoms with Crippen LogP contribution >= 0.6 is 11.3 Å². The minimum absolute atomic E-state index is 0.0367. The van der Waals surface area contributed by atoms with E-state index in [0.29, 0.717) is 39.1 Å². The van der Waals surface area contributed by atoms with Crippen LogP contribution in [0.1, 0.15) is 55.7 Å². The van der Waals surface area contributed by atoms with E-state index in [2.05, 4.69) is 15.2 Å². The number of carbonyl (C=O) groups excluding carboxylic acids is 1. The molecule has 2 aliphatic heterocycles. The highest BCUT2D eigenvalue weighted by atomic mass is 32.1. The minimum atomic E-state index is -0.535. The highest BCUT2D eigenvalue weighted by molar-refractivity contribution is 7.08. The lowest BCUT2D eigenvalue weighted by atomic mass is 9.89. The van der Waals surface area contributed by atoms with E-state index in [4.69, 9.17) is 0 Å². The number of hydrogen-bond acceptors (Lipinski definition) is 5. The molecule has 1 unspecified atom stereocenters. The van der Waals surface area contributed by atoms with Gasteiger partial charge in [0.05, 0.1) is 11.7 Å². The molecule has 6 rings (SSSR count). The Morgan fingerprint density at radius 3 is 2.60 bits per heavy atom. The number of hydrogen-bond donors (Lipinski definition) is 0. The number of pyridine rings is 1. The van der Waals surface area contributed by atoms with Crippen LogP contribution in [0.15, 0.2) is 52.1 Å². The van der Waals surface area contributed by atoms with Gasteiger partial charge in [-0.25, -0.2) is 13.6 Å². The number of thiophene rings is 1. The number of benzene rings is 1. The van der Waals surface area contributed by atoms with E-state index in [-0.39, 0.29) is 28.6 Å². The molecule has 1 saturated carbocycles. The lowest BCUT2D eigenvalue weighted by Gasteiger charge is -2.51. The third kappa shape index (κ3) is 5.89. The summed E-state index contributed by atoms with van der Waals surface area (Å²) in [6.07, 6.45) is 7.39. The molecule has 230 valence electrons. The Labute approximate surface area is 256 Å². The summed E-state index contributed by atoms with van der Waals surface area (Å²) in [6, 6.07) is 6.83. The lowest BCUT2D eigenvalue weighted by molar-refractivity contribution is -0.00418. The number of piperazine rings is 1. The van der Waals surface area contributed by atoms with Gasteiger partial charge in [0.2, 0.25) is 0 Å². The quantitative estimate of drug-likeness (QED) is 0.372. The Kier molecular flexibility index (Phi) is 8.45. The molecule has 2 saturated heterocycles. The molecule has 1 aliphatic carbocycles. The van der Waals surface area contributed by atoms with Gasteiger partial charge in [-0.15, -0.1) is 0 Å². The fourth-order valence-electron chi connectivity index (χ4n) is 7.53. The van der Waals surface area contributed by atoms with Crippen molar-refractivity contribution in [1.29, 1.82) is 0 Å². The van der Waals surface area contributed by atoms with Gasteiger partial charge in [0, 0.05) is 85.7 Å². The van der Waals surface area contributed by atoms with Crippen LogP contribution in [-0.2, 0) is 13.6 Å². The summed E-state index contributed by atoms with van der Waals surface area (Å²) < 4.78 is 31.4. The van der Waals surface area contributed by atoms with Crippen molar-refractivity contribution in [2.24, 2.45) is 7.05 Å². The SMILES string of the molecule is CN(C)C1CCN(C(=O)N2CCN(Cc3cn(C)c(-c4ccsc4)cc3=O)C3(CCCC3)C2)[C@H](c2cc(F)ccc2F)C1. The van der Waals surface area contributed by atoms with Gasteiger partial charge in [0.25, 0.3) is 0 Å². The fraction of sp³-hybridized carbons (Fsp3) is 0.515. The molecule has 7 nitrogen and oxygen atoms in total. The molecule has 4 heterocycles. The molecular weight excluding hydrogens is 568 g/mol. The summed E-state index contributed by atoms with van der Waals surface area (Å²) in [5.74, 6) is -0.976. The monoisotopic (exact) mass is 609 g/mol. The van der Waals surface area contributed by atoms with Crippen molar-refractivity contribution < 1.29 is 13.6 Å². The summed E-state index contributed by atoms with van der Waals surface area (Å²) in [7, 11) is 5.97. The van der Waals surface area contributed by atoms with Crippen LogP contribution in [0.5, 0.6) is 0 Å². The first-order valence-electron chi connectivity index (χ1n) is 15.3. The molecule has 10 heteroatoms. The number of rotatable bonds is 5. The third-order valence-electron chi connectivity index (χ3n) is 9.96. The Hall–Kier alpha value is -3.08. The highest BCUT2D eigenvalue weighted by Crippen LogP contribution is 2.41. The molecule has 2 aromatic heterocycles. The van der Waals surface area contributed by atoms with Gasteiger partial charge in [-0.05, 0) is 69.4 Å². The number of nitrogens with zero attached hydrogens (tertiary/aromatic N) is 5. The van der Waals surface area contributed by atoms with Crippen molar-refractivity contribution >= 4 is 17.4 Å². The van der Waals surface area contributed by atoms with Crippen LogP contribution in [0.2, 0.25) is 0 Å². The predicted molar refractivity (Wildman–Crippen MR) is 166 cm³/mol. The van der Waals surface area contributed by atoms with Gasteiger partial charge >= 0.3 is 6.03 Å². The Morgan fingerprint density at radius 2 is 1.88 bits per heavy atom. The van der Waals surface area contributed by atoms with Crippen molar-refractivity contribution in [3.63, 3.8) is 0 Å². The molecular formula is C33H41F2N5O2S. The van der Waals surface area contributed by atoms with Gasteiger partial charge in [-0.1, -0.05) is 12.8 Å². The number of piperidine rings is 1. The maximum absolute atomic E-state index is 15.1. The zero-order valence-electron chi connectivity index (χ0n) is 25.3. The maximum Gasteiger partial charge on any atom is 0.320 e. The van der Waals surface area contributed by atoms with Crippen LogP contribution in [0.25, 0.3) is 11.3 Å². The number of halogens is 2. The lowest BCUT2D eigenvalue weighted by Crippen LogP contribution is -2.64. The largest absolute Gasteiger partial charge is 0.350 e. The molecule has 0 radical (unpaired) electrons. The van der Waals surface area contributed by atoms with Gasteiger partial charge < -0.3 is 19.3 Å².